The average molecular weight is 386 g/mol. The number of rotatable bonds is 4. The second kappa shape index (κ2) is 7.70. The van der Waals surface area contributed by atoms with Crippen LogP contribution in [0.25, 0.3) is 0 Å². The minimum atomic E-state index is -0.445. The molecule has 1 heterocycles. The zero-order chi connectivity index (χ0) is 19.6. The molecule has 0 bridgehead atoms. The number of ether oxygens (including phenoxy) is 1. The largest absolute Gasteiger partial charge is 0.377 e. The average Bonchev–Trinajstić information content (AvgIpc) is 2.63. The molecule has 142 valence electrons. The van der Waals surface area contributed by atoms with Crippen molar-refractivity contribution in [3.05, 3.63) is 63.7 Å². The van der Waals surface area contributed by atoms with E-state index in [0.717, 1.165) is 10.5 Å². The van der Waals surface area contributed by atoms with E-state index in [1.165, 1.54) is 17.8 Å². The highest BCUT2D eigenvalue weighted by atomic mass is 32.2. The summed E-state index contributed by atoms with van der Waals surface area (Å²) in [4.78, 5) is 27.3. The summed E-state index contributed by atoms with van der Waals surface area (Å²) in [6.45, 7) is 7.24. The van der Waals surface area contributed by atoms with E-state index >= 15 is 0 Å². The van der Waals surface area contributed by atoms with E-state index in [-0.39, 0.29) is 11.6 Å². The fraction of sp³-hybridized carbons (Fsp3) is 0.350. The Morgan fingerprint density at radius 1 is 1.22 bits per heavy atom. The summed E-state index contributed by atoms with van der Waals surface area (Å²) in [7, 11) is 0. The van der Waals surface area contributed by atoms with Crippen LogP contribution in [0, 0.1) is 17.0 Å². The molecule has 0 N–H and O–H groups in total. The van der Waals surface area contributed by atoms with Gasteiger partial charge in [0.05, 0.1) is 28.6 Å². The summed E-state index contributed by atoms with van der Waals surface area (Å²) in [6, 6.07) is 12.5. The molecule has 0 aromatic heterocycles. The van der Waals surface area contributed by atoms with Crippen molar-refractivity contribution in [1.29, 1.82) is 0 Å². The molecule has 0 atom stereocenters. The highest BCUT2D eigenvalue weighted by Crippen LogP contribution is 2.36. The molecule has 1 aliphatic rings. The number of morpholine rings is 1. The van der Waals surface area contributed by atoms with Gasteiger partial charge in [-0.15, -0.1) is 0 Å². The van der Waals surface area contributed by atoms with Gasteiger partial charge < -0.3 is 9.64 Å². The Morgan fingerprint density at radius 2 is 1.93 bits per heavy atom. The second-order valence-corrected chi connectivity index (χ2v) is 8.29. The van der Waals surface area contributed by atoms with Crippen molar-refractivity contribution in [1.82, 2.24) is 4.90 Å². The van der Waals surface area contributed by atoms with Gasteiger partial charge in [-0.05, 0) is 45.0 Å². The van der Waals surface area contributed by atoms with Gasteiger partial charge in [0.15, 0.2) is 0 Å². The van der Waals surface area contributed by atoms with Gasteiger partial charge in [-0.25, -0.2) is 0 Å². The normalized spacial score (nSPS) is 16.2. The van der Waals surface area contributed by atoms with E-state index < -0.39 is 10.5 Å². The summed E-state index contributed by atoms with van der Waals surface area (Å²) in [5.74, 6) is -0.210. The Hall–Kier alpha value is -2.38. The zero-order valence-electron chi connectivity index (χ0n) is 15.6. The van der Waals surface area contributed by atoms with Crippen LogP contribution in [-0.4, -0.2) is 41.0 Å². The quantitative estimate of drug-likeness (QED) is 0.578. The molecule has 6 nitrogen and oxygen atoms in total. The number of hydrogen-bond donors (Lipinski definition) is 0. The van der Waals surface area contributed by atoms with Gasteiger partial charge in [0.2, 0.25) is 0 Å². The summed E-state index contributed by atoms with van der Waals surface area (Å²) in [6.07, 6.45) is 0. The maximum Gasteiger partial charge on any atom is 0.284 e. The number of nitro groups is 1. The fourth-order valence-corrected chi connectivity index (χ4v) is 3.90. The van der Waals surface area contributed by atoms with Gasteiger partial charge in [0.1, 0.15) is 0 Å². The number of nitro benzene ring substituents is 1. The van der Waals surface area contributed by atoms with Gasteiger partial charge in [-0.3, -0.25) is 14.9 Å². The number of carbonyl (C=O) groups is 1. The first-order chi connectivity index (χ1) is 12.8. The lowest BCUT2D eigenvalue weighted by molar-refractivity contribution is -0.387. The standard InChI is InChI=1S/C20H22N2O4S/c1-14-4-7-16(8-5-14)27-18-9-6-15(12-17(18)22(24)25)19(23)21-10-11-26-13-20(21,2)3/h4-9,12H,10-11,13H2,1-3H3. The maximum absolute atomic E-state index is 12.9. The second-order valence-electron chi connectivity index (χ2n) is 7.18. The highest BCUT2D eigenvalue weighted by Gasteiger charge is 2.35. The van der Waals surface area contributed by atoms with E-state index in [2.05, 4.69) is 0 Å². The molecule has 0 unspecified atom stereocenters. The molecule has 0 aliphatic carbocycles. The van der Waals surface area contributed by atoms with Crippen molar-refractivity contribution in [2.45, 2.75) is 36.1 Å². The van der Waals surface area contributed by atoms with Crippen molar-refractivity contribution in [2.24, 2.45) is 0 Å². The summed E-state index contributed by atoms with van der Waals surface area (Å²) in [5, 5.41) is 11.6. The van der Waals surface area contributed by atoms with E-state index in [9.17, 15) is 14.9 Å². The molecule has 3 rings (SSSR count). The van der Waals surface area contributed by atoms with Crippen LogP contribution in [0.2, 0.25) is 0 Å². The molecule has 27 heavy (non-hydrogen) atoms. The Bertz CT molecular complexity index is 865. The summed E-state index contributed by atoms with van der Waals surface area (Å²) < 4.78 is 5.45. The predicted molar refractivity (Wildman–Crippen MR) is 104 cm³/mol. The number of hydrogen-bond acceptors (Lipinski definition) is 5. The van der Waals surface area contributed by atoms with Crippen molar-refractivity contribution >= 4 is 23.4 Å². The van der Waals surface area contributed by atoms with Crippen LogP contribution in [0.15, 0.2) is 52.3 Å². The van der Waals surface area contributed by atoms with Crippen LogP contribution in [0.5, 0.6) is 0 Å². The third kappa shape index (κ3) is 4.31. The number of aryl methyl sites for hydroxylation is 1. The molecule has 1 amide bonds. The molecule has 0 saturated carbocycles. The zero-order valence-corrected chi connectivity index (χ0v) is 16.4. The first kappa shape index (κ1) is 19.4. The third-order valence-corrected chi connectivity index (χ3v) is 5.61. The minimum Gasteiger partial charge on any atom is -0.377 e. The van der Waals surface area contributed by atoms with E-state index in [1.54, 1.807) is 17.0 Å². The molecule has 0 radical (unpaired) electrons. The number of carbonyl (C=O) groups excluding carboxylic acids is 1. The van der Waals surface area contributed by atoms with E-state index in [4.69, 9.17) is 4.74 Å². The monoisotopic (exact) mass is 386 g/mol. The predicted octanol–water partition coefficient (Wildman–Crippen LogP) is 4.31. The maximum atomic E-state index is 12.9. The number of amides is 1. The lowest BCUT2D eigenvalue weighted by atomic mass is 10.0. The number of nitrogens with zero attached hydrogens (tertiary/aromatic N) is 2. The molecule has 2 aromatic carbocycles. The van der Waals surface area contributed by atoms with Crippen molar-refractivity contribution in [2.75, 3.05) is 19.8 Å². The fourth-order valence-electron chi connectivity index (χ4n) is 3.00. The van der Waals surface area contributed by atoms with Crippen molar-refractivity contribution in [3.8, 4) is 0 Å². The van der Waals surface area contributed by atoms with Gasteiger partial charge in [-0.2, -0.15) is 0 Å². The first-order valence-corrected chi connectivity index (χ1v) is 9.52. The topological polar surface area (TPSA) is 72.7 Å². The van der Waals surface area contributed by atoms with E-state index in [1.807, 2.05) is 45.0 Å². The molecule has 7 heteroatoms. The van der Waals surface area contributed by atoms with Crippen LogP contribution in [0.4, 0.5) is 5.69 Å². The Morgan fingerprint density at radius 3 is 2.56 bits per heavy atom. The Balaban J connectivity index is 1.90. The molecular weight excluding hydrogens is 364 g/mol. The van der Waals surface area contributed by atoms with Gasteiger partial charge in [0, 0.05) is 23.1 Å². The molecular formula is C20H22N2O4S. The molecule has 0 spiro atoms. The van der Waals surface area contributed by atoms with Gasteiger partial charge >= 0.3 is 0 Å². The van der Waals surface area contributed by atoms with E-state index in [0.29, 0.717) is 30.2 Å². The highest BCUT2D eigenvalue weighted by molar-refractivity contribution is 7.99. The van der Waals surface area contributed by atoms with Crippen molar-refractivity contribution in [3.63, 3.8) is 0 Å². The molecule has 1 aliphatic heterocycles. The van der Waals surface area contributed by atoms with Crippen LogP contribution in [0.1, 0.15) is 29.8 Å². The molecule has 1 saturated heterocycles. The summed E-state index contributed by atoms with van der Waals surface area (Å²) in [5.41, 5.74) is 0.949. The van der Waals surface area contributed by atoms with Crippen LogP contribution >= 0.6 is 11.8 Å². The first-order valence-electron chi connectivity index (χ1n) is 8.70. The van der Waals surface area contributed by atoms with Crippen LogP contribution in [0.3, 0.4) is 0 Å². The Labute approximate surface area is 162 Å². The summed E-state index contributed by atoms with van der Waals surface area (Å²) >= 11 is 1.32. The SMILES string of the molecule is Cc1ccc(Sc2ccc(C(=O)N3CCOCC3(C)C)cc2[N+](=O)[O-])cc1. The van der Waals surface area contributed by atoms with Gasteiger partial charge in [0.25, 0.3) is 11.6 Å². The van der Waals surface area contributed by atoms with Gasteiger partial charge in [-0.1, -0.05) is 29.5 Å². The minimum absolute atomic E-state index is 0.0579. The third-order valence-electron chi connectivity index (χ3n) is 4.54. The number of benzene rings is 2. The molecule has 2 aromatic rings. The smallest absolute Gasteiger partial charge is 0.284 e. The molecule has 1 fully saturated rings. The Kier molecular flexibility index (Phi) is 5.53. The van der Waals surface area contributed by atoms with Crippen LogP contribution in [-0.2, 0) is 4.74 Å². The van der Waals surface area contributed by atoms with Crippen molar-refractivity contribution < 1.29 is 14.5 Å². The lowest BCUT2D eigenvalue weighted by Gasteiger charge is -2.42. The lowest BCUT2D eigenvalue weighted by Crippen LogP contribution is -2.55. The van der Waals surface area contributed by atoms with Crippen LogP contribution < -0.4 is 0 Å².